The summed E-state index contributed by atoms with van der Waals surface area (Å²) >= 11 is 1.71. The predicted octanol–water partition coefficient (Wildman–Crippen LogP) is 2.02. The zero-order valence-corrected chi connectivity index (χ0v) is 12.4. The van der Waals surface area contributed by atoms with Gasteiger partial charge in [-0.3, -0.25) is 0 Å². The summed E-state index contributed by atoms with van der Waals surface area (Å²) in [5, 5.41) is 8.89. The number of nitrogens with zero attached hydrogens (tertiary/aromatic N) is 3. The summed E-state index contributed by atoms with van der Waals surface area (Å²) in [6, 6.07) is 8.50. The van der Waals surface area contributed by atoms with Crippen LogP contribution in [-0.2, 0) is 7.05 Å². The van der Waals surface area contributed by atoms with Crippen molar-refractivity contribution in [2.24, 2.45) is 7.05 Å². The Balaban J connectivity index is 1.86. The maximum atomic E-state index is 5.88. The molecular formula is C14H18N4OS. The van der Waals surface area contributed by atoms with Crippen molar-refractivity contribution in [1.82, 2.24) is 20.1 Å². The maximum Gasteiger partial charge on any atom is 0.186 e. The van der Waals surface area contributed by atoms with Crippen LogP contribution in [0.25, 0.3) is 0 Å². The third-order valence-corrected chi connectivity index (χ3v) is 4.67. The van der Waals surface area contributed by atoms with Crippen molar-refractivity contribution in [1.29, 1.82) is 0 Å². The average Bonchev–Trinajstić information content (AvgIpc) is 2.87. The third kappa shape index (κ3) is 2.53. The van der Waals surface area contributed by atoms with E-state index in [-0.39, 0.29) is 11.3 Å². The van der Waals surface area contributed by atoms with Crippen LogP contribution in [0.5, 0.6) is 5.75 Å². The predicted molar refractivity (Wildman–Crippen MR) is 79.0 cm³/mol. The van der Waals surface area contributed by atoms with E-state index in [9.17, 15) is 0 Å². The Morgan fingerprint density at radius 1 is 1.45 bits per heavy atom. The molecule has 0 aliphatic carbocycles. The molecule has 6 heteroatoms. The first-order valence-electron chi connectivity index (χ1n) is 6.75. The molecule has 2 unspecified atom stereocenters. The summed E-state index contributed by atoms with van der Waals surface area (Å²) in [4.78, 5) is 4.29. The fourth-order valence-corrected chi connectivity index (χ4v) is 3.52. The van der Waals surface area contributed by atoms with Crippen LogP contribution < -0.4 is 10.1 Å². The monoisotopic (exact) mass is 290 g/mol. The first kappa shape index (κ1) is 13.5. The van der Waals surface area contributed by atoms with Gasteiger partial charge in [-0.15, -0.1) is 0 Å². The first-order valence-corrected chi connectivity index (χ1v) is 7.63. The molecule has 1 aliphatic rings. The molecule has 106 valence electrons. The smallest absolute Gasteiger partial charge is 0.186 e. The molecule has 0 saturated carbocycles. The second-order valence-electron chi connectivity index (χ2n) is 4.71. The lowest BCUT2D eigenvalue weighted by Gasteiger charge is -2.33. The first-order chi connectivity index (χ1) is 9.79. The number of para-hydroxylation sites is 1. The van der Waals surface area contributed by atoms with Gasteiger partial charge in [-0.05, 0) is 12.6 Å². The van der Waals surface area contributed by atoms with Gasteiger partial charge < -0.3 is 10.1 Å². The second kappa shape index (κ2) is 5.85. The SMILES string of the molecule is CCNC1c2ccccc2OCC1Sc1ncnn1C. The van der Waals surface area contributed by atoms with Crippen molar-refractivity contribution in [3.05, 3.63) is 36.2 Å². The van der Waals surface area contributed by atoms with Crippen molar-refractivity contribution < 1.29 is 4.74 Å². The fourth-order valence-electron chi connectivity index (χ4n) is 2.43. The van der Waals surface area contributed by atoms with Gasteiger partial charge in [0.2, 0.25) is 0 Å². The summed E-state index contributed by atoms with van der Waals surface area (Å²) < 4.78 is 7.68. The molecule has 1 aromatic carbocycles. The lowest BCUT2D eigenvalue weighted by Crippen LogP contribution is -2.37. The molecule has 1 N–H and O–H groups in total. The zero-order chi connectivity index (χ0) is 13.9. The number of thioether (sulfide) groups is 1. The second-order valence-corrected chi connectivity index (χ2v) is 5.91. The Morgan fingerprint density at radius 3 is 3.05 bits per heavy atom. The van der Waals surface area contributed by atoms with Gasteiger partial charge in [-0.25, -0.2) is 9.67 Å². The number of hydrogen-bond donors (Lipinski definition) is 1. The van der Waals surface area contributed by atoms with Crippen LogP contribution in [0.3, 0.4) is 0 Å². The van der Waals surface area contributed by atoms with E-state index in [1.807, 2.05) is 19.2 Å². The van der Waals surface area contributed by atoms with E-state index in [0.29, 0.717) is 6.61 Å². The minimum atomic E-state index is 0.270. The molecule has 0 fully saturated rings. The molecule has 2 aromatic rings. The Labute approximate surface area is 122 Å². The number of hydrogen-bond acceptors (Lipinski definition) is 5. The van der Waals surface area contributed by atoms with E-state index >= 15 is 0 Å². The minimum absolute atomic E-state index is 0.270. The van der Waals surface area contributed by atoms with Crippen LogP contribution in [0, 0.1) is 0 Å². The van der Waals surface area contributed by atoms with Gasteiger partial charge in [0.15, 0.2) is 5.16 Å². The molecule has 0 bridgehead atoms. The van der Waals surface area contributed by atoms with Crippen LogP contribution >= 0.6 is 11.8 Å². The Bertz CT molecular complexity index is 586. The van der Waals surface area contributed by atoms with Crippen LogP contribution in [-0.4, -0.2) is 33.2 Å². The number of nitrogens with one attached hydrogen (secondary N) is 1. The molecule has 0 saturated heterocycles. The topological polar surface area (TPSA) is 52.0 Å². The summed E-state index contributed by atoms with van der Waals surface area (Å²) in [5.41, 5.74) is 1.22. The van der Waals surface area contributed by atoms with E-state index in [0.717, 1.165) is 17.5 Å². The van der Waals surface area contributed by atoms with Gasteiger partial charge in [-0.1, -0.05) is 36.9 Å². The molecule has 5 nitrogen and oxygen atoms in total. The van der Waals surface area contributed by atoms with Crippen molar-refractivity contribution >= 4 is 11.8 Å². The number of benzene rings is 1. The highest BCUT2D eigenvalue weighted by atomic mass is 32.2. The van der Waals surface area contributed by atoms with Gasteiger partial charge in [0, 0.05) is 12.6 Å². The molecule has 2 atom stereocenters. The number of rotatable bonds is 4. The molecule has 0 amide bonds. The van der Waals surface area contributed by atoms with Gasteiger partial charge in [0.1, 0.15) is 18.7 Å². The van der Waals surface area contributed by atoms with Crippen molar-refractivity contribution in [2.75, 3.05) is 13.2 Å². The highest BCUT2D eigenvalue weighted by Gasteiger charge is 2.31. The van der Waals surface area contributed by atoms with Crippen LogP contribution in [0.1, 0.15) is 18.5 Å². The standard InChI is InChI=1S/C14H18N4OS/c1-3-15-13-10-6-4-5-7-11(10)19-8-12(13)20-14-16-9-17-18(14)2/h4-7,9,12-13,15H,3,8H2,1-2H3. The van der Waals surface area contributed by atoms with Crippen molar-refractivity contribution in [3.63, 3.8) is 0 Å². The summed E-state index contributed by atoms with van der Waals surface area (Å²) in [5.74, 6) is 0.980. The normalized spacial score (nSPS) is 21.3. The molecule has 2 heterocycles. The Kier molecular flexibility index (Phi) is 3.93. The molecule has 1 aromatic heterocycles. The largest absolute Gasteiger partial charge is 0.492 e. The third-order valence-electron chi connectivity index (χ3n) is 3.38. The molecule has 1 aliphatic heterocycles. The highest BCUT2D eigenvalue weighted by molar-refractivity contribution is 7.99. The minimum Gasteiger partial charge on any atom is -0.492 e. The van der Waals surface area contributed by atoms with Crippen molar-refractivity contribution in [2.45, 2.75) is 23.4 Å². The maximum absolute atomic E-state index is 5.88. The van der Waals surface area contributed by atoms with Gasteiger partial charge in [-0.2, -0.15) is 5.10 Å². The molecule has 20 heavy (non-hydrogen) atoms. The van der Waals surface area contributed by atoms with E-state index in [1.54, 1.807) is 22.8 Å². The van der Waals surface area contributed by atoms with Crippen LogP contribution in [0.2, 0.25) is 0 Å². The van der Waals surface area contributed by atoms with Gasteiger partial charge in [0.05, 0.1) is 11.3 Å². The number of ether oxygens (including phenoxy) is 1. The van der Waals surface area contributed by atoms with Gasteiger partial charge >= 0.3 is 0 Å². The quantitative estimate of drug-likeness (QED) is 0.933. The summed E-state index contributed by atoms with van der Waals surface area (Å²) in [6.45, 7) is 3.73. The number of aromatic nitrogens is 3. The molecule has 0 radical (unpaired) electrons. The van der Waals surface area contributed by atoms with E-state index in [1.165, 1.54) is 5.56 Å². The Morgan fingerprint density at radius 2 is 2.30 bits per heavy atom. The summed E-state index contributed by atoms with van der Waals surface area (Å²) in [7, 11) is 1.91. The molecular weight excluding hydrogens is 272 g/mol. The van der Waals surface area contributed by atoms with E-state index in [2.05, 4.69) is 34.5 Å². The zero-order valence-electron chi connectivity index (χ0n) is 11.6. The van der Waals surface area contributed by atoms with Crippen molar-refractivity contribution in [3.8, 4) is 5.75 Å². The van der Waals surface area contributed by atoms with Crippen LogP contribution in [0.15, 0.2) is 35.7 Å². The lowest BCUT2D eigenvalue weighted by molar-refractivity contribution is 0.261. The average molecular weight is 290 g/mol. The summed E-state index contributed by atoms with van der Waals surface area (Å²) in [6.07, 6.45) is 1.59. The highest BCUT2D eigenvalue weighted by Crippen LogP contribution is 2.39. The molecule has 0 spiro atoms. The van der Waals surface area contributed by atoms with E-state index in [4.69, 9.17) is 4.74 Å². The van der Waals surface area contributed by atoms with Gasteiger partial charge in [0.25, 0.3) is 0 Å². The molecule has 3 rings (SSSR count). The lowest BCUT2D eigenvalue weighted by atomic mass is 10.0. The van der Waals surface area contributed by atoms with Crippen LogP contribution in [0.4, 0.5) is 0 Å². The number of aryl methyl sites for hydroxylation is 1. The Hall–Kier alpha value is -1.53. The number of fused-ring (bicyclic) bond motifs is 1. The fraction of sp³-hybridized carbons (Fsp3) is 0.429. The van der Waals surface area contributed by atoms with E-state index < -0.39 is 0 Å².